The molecule has 1 unspecified atom stereocenters. The van der Waals surface area contributed by atoms with Crippen LogP contribution in [0.3, 0.4) is 0 Å². The minimum absolute atomic E-state index is 0.135. The first kappa shape index (κ1) is 14.4. The predicted molar refractivity (Wildman–Crippen MR) is 109 cm³/mol. The number of benzene rings is 4. The molecule has 0 saturated heterocycles. The Bertz CT molecular complexity index is 1300. The summed E-state index contributed by atoms with van der Waals surface area (Å²) in [5.41, 5.74) is 0.135. The second kappa shape index (κ2) is 5.54. The van der Waals surface area contributed by atoms with E-state index in [1.54, 1.807) is 0 Å². The minimum Gasteiger partial charge on any atom is -0.288 e. The van der Waals surface area contributed by atoms with Crippen LogP contribution in [0.15, 0.2) is 95.8 Å². The lowest BCUT2D eigenvalue weighted by Crippen LogP contribution is -2.02. The van der Waals surface area contributed by atoms with Crippen molar-refractivity contribution < 1.29 is 0 Å². The number of hydrogen-bond acceptors (Lipinski definition) is 1. The highest BCUT2D eigenvalue weighted by Gasteiger charge is 2.22. The van der Waals surface area contributed by atoms with Crippen LogP contribution in [-0.4, -0.2) is 0 Å². The summed E-state index contributed by atoms with van der Waals surface area (Å²) in [5.74, 6) is 0. The van der Waals surface area contributed by atoms with E-state index in [0.717, 1.165) is 25.6 Å². The molecule has 0 aliphatic rings. The SMILES string of the molecule is O=c1c2ccccc2[s+](-c2ccccc2)c2cc3ccccc3cc12. The molecule has 25 heavy (non-hydrogen) atoms. The van der Waals surface area contributed by atoms with Gasteiger partial charge in [0.25, 0.3) is 0 Å². The predicted octanol–water partition coefficient (Wildman–Crippen LogP) is 6.24. The van der Waals surface area contributed by atoms with Crippen LogP contribution in [-0.2, 0) is 0 Å². The molecule has 5 rings (SSSR count). The lowest BCUT2D eigenvalue weighted by atomic mass is 10.1. The molecule has 118 valence electrons. The van der Waals surface area contributed by atoms with E-state index in [1.165, 1.54) is 10.3 Å². The van der Waals surface area contributed by atoms with Crippen molar-refractivity contribution >= 4 is 41.4 Å². The minimum atomic E-state index is -0.255. The first-order valence-corrected chi connectivity index (χ1v) is 9.51. The first-order valence-electron chi connectivity index (χ1n) is 8.29. The molecule has 0 N–H and O–H groups in total. The average Bonchev–Trinajstić information content (AvgIpc) is 2.68. The van der Waals surface area contributed by atoms with Gasteiger partial charge in [0.2, 0.25) is 5.43 Å². The van der Waals surface area contributed by atoms with E-state index in [0.29, 0.717) is 0 Å². The maximum atomic E-state index is 13.1. The molecule has 1 heterocycles. The molecule has 0 saturated carbocycles. The lowest BCUT2D eigenvalue weighted by Gasteiger charge is -2.05. The molecule has 4 aromatic carbocycles. The van der Waals surface area contributed by atoms with E-state index >= 15 is 0 Å². The van der Waals surface area contributed by atoms with Crippen LogP contribution < -0.4 is 5.43 Å². The highest BCUT2D eigenvalue weighted by atomic mass is 32.2. The van der Waals surface area contributed by atoms with Crippen LogP contribution in [0, 0.1) is 0 Å². The van der Waals surface area contributed by atoms with Crippen LogP contribution in [0.2, 0.25) is 0 Å². The molecule has 0 spiro atoms. The quantitative estimate of drug-likeness (QED) is 0.261. The Morgan fingerprint density at radius 3 is 2.00 bits per heavy atom. The average molecular weight is 339 g/mol. The molecule has 1 atom stereocenters. The van der Waals surface area contributed by atoms with Crippen molar-refractivity contribution in [2.75, 3.05) is 0 Å². The second-order valence-corrected chi connectivity index (χ2v) is 8.10. The van der Waals surface area contributed by atoms with Gasteiger partial charge in [-0.25, -0.2) is 0 Å². The van der Waals surface area contributed by atoms with Crippen molar-refractivity contribution in [1.29, 1.82) is 0 Å². The largest absolute Gasteiger partial charge is 0.288 e. The molecule has 0 fully saturated rings. The molecule has 0 amide bonds. The summed E-state index contributed by atoms with van der Waals surface area (Å²) >= 11 is 0. The maximum absolute atomic E-state index is 13.1. The number of fused-ring (bicyclic) bond motifs is 3. The summed E-state index contributed by atoms with van der Waals surface area (Å²) in [7, 11) is -0.255. The third-order valence-electron chi connectivity index (χ3n) is 4.64. The van der Waals surface area contributed by atoms with E-state index in [1.807, 2.05) is 36.4 Å². The van der Waals surface area contributed by atoms with Gasteiger partial charge in [0.1, 0.15) is 0 Å². The van der Waals surface area contributed by atoms with Crippen molar-refractivity contribution in [3.63, 3.8) is 0 Å². The topological polar surface area (TPSA) is 17.1 Å². The van der Waals surface area contributed by atoms with Gasteiger partial charge in [-0.05, 0) is 41.1 Å². The van der Waals surface area contributed by atoms with Crippen molar-refractivity contribution in [1.82, 2.24) is 0 Å². The van der Waals surface area contributed by atoms with Crippen molar-refractivity contribution in [3.8, 4) is 4.90 Å². The van der Waals surface area contributed by atoms with Gasteiger partial charge in [0, 0.05) is 16.5 Å². The molecule has 0 aliphatic heterocycles. The first-order chi connectivity index (χ1) is 12.3. The Balaban J connectivity index is 2.09. The molecule has 0 radical (unpaired) electrons. The normalized spacial score (nSPS) is 12.1. The van der Waals surface area contributed by atoms with E-state index < -0.39 is 0 Å². The molecule has 0 bridgehead atoms. The molecule has 5 aromatic rings. The zero-order valence-corrected chi connectivity index (χ0v) is 14.3. The van der Waals surface area contributed by atoms with Crippen molar-refractivity contribution in [2.24, 2.45) is 0 Å². The molecule has 2 heteroatoms. The van der Waals surface area contributed by atoms with Crippen LogP contribution in [0.4, 0.5) is 0 Å². The van der Waals surface area contributed by atoms with Gasteiger partial charge >= 0.3 is 0 Å². The lowest BCUT2D eigenvalue weighted by molar-refractivity contribution is 1.74. The van der Waals surface area contributed by atoms with E-state index in [2.05, 4.69) is 54.6 Å². The maximum Gasteiger partial charge on any atom is 0.204 e. The fourth-order valence-corrected chi connectivity index (χ4v) is 5.86. The summed E-state index contributed by atoms with van der Waals surface area (Å²) in [6.45, 7) is 0. The Morgan fingerprint density at radius 1 is 0.560 bits per heavy atom. The molecule has 1 aromatic heterocycles. The molecular formula is C23H15OS+. The van der Waals surface area contributed by atoms with Crippen LogP contribution >= 0.6 is 10.5 Å². The fourth-order valence-electron chi connectivity index (χ4n) is 3.47. The summed E-state index contributed by atoms with van der Waals surface area (Å²) in [5, 5.41) is 3.97. The van der Waals surface area contributed by atoms with E-state index in [9.17, 15) is 4.79 Å². The van der Waals surface area contributed by atoms with Gasteiger partial charge in [-0.3, -0.25) is 4.79 Å². The smallest absolute Gasteiger partial charge is 0.204 e. The van der Waals surface area contributed by atoms with E-state index in [-0.39, 0.29) is 15.9 Å². The van der Waals surface area contributed by atoms with Gasteiger partial charge < -0.3 is 0 Å². The number of hydrogen-bond donors (Lipinski definition) is 0. The van der Waals surface area contributed by atoms with Gasteiger partial charge in [-0.1, -0.05) is 54.6 Å². The van der Waals surface area contributed by atoms with Crippen molar-refractivity contribution in [3.05, 3.63) is 101 Å². The van der Waals surface area contributed by atoms with Gasteiger partial charge in [0.05, 0.1) is 10.8 Å². The summed E-state index contributed by atoms with van der Waals surface area (Å²) in [6, 6.07) is 31.1. The van der Waals surface area contributed by atoms with Crippen molar-refractivity contribution in [2.45, 2.75) is 0 Å². The highest BCUT2D eigenvalue weighted by Crippen LogP contribution is 2.43. The molecule has 1 nitrogen and oxygen atoms in total. The Kier molecular flexibility index (Phi) is 3.19. The Hall–Kier alpha value is -2.97. The monoisotopic (exact) mass is 339 g/mol. The van der Waals surface area contributed by atoms with Gasteiger partial charge in [-0.2, -0.15) is 0 Å². The number of rotatable bonds is 1. The van der Waals surface area contributed by atoms with E-state index in [4.69, 9.17) is 0 Å². The summed E-state index contributed by atoms with van der Waals surface area (Å²) < 4.78 is 2.26. The third kappa shape index (κ3) is 2.19. The molecule has 0 aliphatic carbocycles. The van der Waals surface area contributed by atoms with Crippen LogP contribution in [0.5, 0.6) is 0 Å². The second-order valence-electron chi connectivity index (χ2n) is 6.14. The Morgan fingerprint density at radius 2 is 1.20 bits per heavy atom. The molecular weight excluding hydrogens is 324 g/mol. The van der Waals surface area contributed by atoms with Gasteiger partial charge in [-0.15, -0.1) is 0 Å². The summed E-state index contributed by atoms with van der Waals surface area (Å²) in [6.07, 6.45) is 0. The van der Waals surface area contributed by atoms with Gasteiger partial charge in [0.15, 0.2) is 14.3 Å². The Labute approximate surface area is 147 Å². The van der Waals surface area contributed by atoms with Crippen LogP contribution in [0.25, 0.3) is 35.8 Å². The zero-order valence-electron chi connectivity index (χ0n) is 13.5. The zero-order chi connectivity index (χ0) is 16.8. The van der Waals surface area contributed by atoms with Crippen LogP contribution in [0.1, 0.15) is 0 Å². The highest BCUT2D eigenvalue weighted by molar-refractivity contribution is 7.49. The summed E-state index contributed by atoms with van der Waals surface area (Å²) in [4.78, 5) is 14.4. The standard InChI is InChI=1S/C23H15OS/c24-23-19-12-6-7-13-21(19)25(18-10-2-1-3-11-18)22-15-17-9-5-4-8-16(17)14-20(22)23/h1-15H/q+1. The fraction of sp³-hybridized carbons (Fsp3) is 0. The third-order valence-corrected chi connectivity index (χ3v) is 6.96.